The van der Waals surface area contributed by atoms with Crippen LogP contribution in [-0.2, 0) is 29.5 Å². The first-order chi connectivity index (χ1) is 9.86. The van der Waals surface area contributed by atoms with Gasteiger partial charge in [-0.3, -0.25) is 4.68 Å². The van der Waals surface area contributed by atoms with E-state index >= 15 is 0 Å². The van der Waals surface area contributed by atoms with E-state index in [9.17, 15) is 8.42 Å². The molecule has 1 aromatic heterocycles. The summed E-state index contributed by atoms with van der Waals surface area (Å²) in [7, 11) is -0.191. The summed E-state index contributed by atoms with van der Waals surface area (Å²) in [4.78, 5) is 0.298. The minimum Gasteiger partial charge on any atom is -0.275 e. The molecule has 0 radical (unpaired) electrons. The molecular formula is C14H18ClN3O2S. The molecule has 0 bridgehead atoms. The van der Waals surface area contributed by atoms with Crippen LogP contribution in [0.15, 0.2) is 35.5 Å². The lowest BCUT2D eigenvalue weighted by Crippen LogP contribution is -2.27. The molecule has 7 heteroatoms. The number of alkyl halides is 1. The zero-order valence-corrected chi connectivity index (χ0v) is 13.8. The van der Waals surface area contributed by atoms with Crippen molar-refractivity contribution in [2.45, 2.75) is 24.2 Å². The Kier molecular flexibility index (Phi) is 4.70. The minimum absolute atomic E-state index is 0.278. The van der Waals surface area contributed by atoms with Gasteiger partial charge >= 0.3 is 0 Å². The first-order valence-corrected chi connectivity index (χ1v) is 8.42. The number of benzene rings is 1. The Bertz CT molecular complexity index is 740. The Morgan fingerprint density at radius 2 is 2.10 bits per heavy atom. The third-order valence-electron chi connectivity index (χ3n) is 3.39. The summed E-state index contributed by atoms with van der Waals surface area (Å²) in [6.07, 6.45) is 3.46. The summed E-state index contributed by atoms with van der Waals surface area (Å²) in [5.74, 6) is 0.293. The average Bonchev–Trinajstić information content (AvgIpc) is 2.84. The van der Waals surface area contributed by atoms with Crippen LogP contribution in [0, 0.1) is 6.92 Å². The van der Waals surface area contributed by atoms with E-state index in [4.69, 9.17) is 11.6 Å². The summed E-state index contributed by atoms with van der Waals surface area (Å²) in [5, 5.41) is 4.05. The van der Waals surface area contributed by atoms with Crippen LogP contribution in [0.5, 0.6) is 0 Å². The molecule has 2 aromatic rings. The SMILES string of the molecule is Cc1c(CCl)cccc1S(=O)(=O)N(C)Cc1cnn(C)c1. The van der Waals surface area contributed by atoms with E-state index in [-0.39, 0.29) is 6.54 Å². The van der Waals surface area contributed by atoms with Crippen molar-refractivity contribution in [2.75, 3.05) is 7.05 Å². The number of aromatic nitrogens is 2. The fraction of sp³-hybridized carbons (Fsp3) is 0.357. The van der Waals surface area contributed by atoms with Gasteiger partial charge in [-0.1, -0.05) is 12.1 Å². The van der Waals surface area contributed by atoms with Crippen molar-refractivity contribution in [3.8, 4) is 0 Å². The Hall–Kier alpha value is -1.37. The Morgan fingerprint density at radius 1 is 1.38 bits per heavy atom. The smallest absolute Gasteiger partial charge is 0.243 e. The van der Waals surface area contributed by atoms with Crippen LogP contribution in [-0.4, -0.2) is 29.6 Å². The van der Waals surface area contributed by atoms with E-state index in [2.05, 4.69) is 5.10 Å². The van der Waals surface area contributed by atoms with Gasteiger partial charge in [-0.25, -0.2) is 8.42 Å². The van der Waals surface area contributed by atoms with Gasteiger partial charge in [0.05, 0.1) is 11.1 Å². The zero-order valence-electron chi connectivity index (χ0n) is 12.2. The molecular weight excluding hydrogens is 310 g/mol. The molecule has 1 aromatic carbocycles. The van der Waals surface area contributed by atoms with E-state index in [1.54, 1.807) is 50.2 Å². The van der Waals surface area contributed by atoms with Crippen LogP contribution < -0.4 is 0 Å². The van der Waals surface area contributed by atoms with Gasteiger partial charge in [0, 0.05) is 38.3 Å². The maximum Gasteiger partial charge on any atom is 0.243 e. The molecule has 21 heavy (non-hydrogen) atoms. The van der Waals surface area contributed by atoms with Gasteiger partial charge in [0.25, 0.3) is 0 Å². The number of nitrogens with zero attached hydrogens (tertiary/aromatic N) is 3. The number of hydrogen-bond acceptors (Lipinski definition) is 3. The number of aryl methyl sites for hydroxylation is 1. The topological polar surface area (TPSA) is 55.2 Å². The van der Waals surface area contributed by atoms with Crippen molar-refractivity contribution in [1.82, 2.24) is 14.1 Å². The predicted octanol–water partition coefficient (Wildman–Crippen LogP) is 2.29. The summed E-state index contributed by atoms with van der Waals surface area (Å²) in [6.45, 7) is 2.06. The van der Waals surface area contributed by atoms with Crippen molar-refractivity contribution >= 4 is 21.6 Å². The highest BCUT2D eigenvalue weighted by molar-refractivity contribution is 7.89. The molecule has 1 heterocycles. The summed E-state index contributed by atoms with van der Waals surface area (Å²) >= 11 is 5.85. The molecule has 0 aliphatic heterocycles. The molecule has 5 nitrogen and oxygen atoms in total. The quantitative estimate of drug-likeness (QED) is 0.792. The molecule has 0 atom stereocenters. The highest BCUT2D eigenvalue weighted by Crippen LogP contribution is 2.23. The third kappa shape index (κ3) is 3.28. The van der Waals surface area contributed by atoms with Crippen LogP contribution in [0.2, 0.25) is 0 Å². The van der Waals surface area contributed by atoms with Crippen LogP contribution in [0.4, 0.5) is 0 Å². The Morgan fingerprint density at radius 3 is 2.67 bits per heavy atom. The largest absolute Gasteiger partial charge is 0.275 e. The van der Waals surface area contributed by atoms with E-state index in [1.165, 1.54) is 4.31 Å². The number of hydrogen-bond donors (Lipinski definition) is 0. The maximum atomic E-state index is 12.7. The molecule has 0 amide bonds. The molecule has 114 valence electrons. The molecule has 0 N–H and O–H groups in total. The fourth-order valence-corrected chi connectivity index (χ4v) is 3.86. The lowest BCUT2D eigenvalue weighted by atomic mass is 10.1. The van der Waals surface area contributed by atoms with E-state index < -0.39 is 10.0 Å². The molecule has 0 spiro atoms. The number of rotatable bonds is 5. The summed E-state index contributed by atoms with van der Waals surface area (Å²) in [6, 6.07) is 5.17. The van der Waals surface area contributed by atoms with Gasteiger partial charge in [0.15, 0.2) is 0 Å². The molecule has 0 saturated carbocycles. The molecule has 0 aliphatic rings. The second-order valence-electron chi connectivity index (χ2n) is 4.96. The number of sulfonamides is 1. The summed E-state index contributed by atoms with van der Waals surface area (Å²) in [5.41, 5.74) is 2.37. The van der Waals surface area contributed by atoms with E-state index in [1.807, 2.05) is 6.07 Å². The van der Waals surface area contributed by atoms with Crippen LogP contribution in [0.1, 0.15) is 16.7 Å². The second-order valence-corrected chi connectivity index (χ2v) is 7.24. The first kappa shape index (κ1) is 16.0. The minimum atomic E-state index is -3.55. The lowest BCUT2D eigenvalue weighted by molar-refractivity contribution is 0.466. The van der Waals surface area contributed by atoms with Gasteiger partial charge in [-0.05, 0) is 24.1 Å². The molecule has 0 aliphatic carbocycles. The van der Waals surface area contributed by atoms with Crippen molar-refractivity contribution in [3.63, 3.8) is 0 Å². The molecule has 0 fully saturated rings. The van der Waals surface area contributed by atoms with Crippen molar-refractivity contribution < 1.29 is 8.42 Å². The van der Waals surface area contributed by atoms with Gasteiger partial charge < -0.3 is 0 Å². The van der Waals surface area contributed by atoms with Gasteiger partial charge in [0.2, 0.25) is 10.0 Å². The van der Waals surface area contributed by atoms with Gasteiger partial charge in [0.1, 0.15) is 0 Å². The molecule has 0 unspecified atom stereocenters. The summed E-state index contributed by atoms with van der Waals surface area (Å²) < 4.78 is 28.3. The van der Waals surface area contributed by atoms with Crippen molar-refractivity contribution in [1.29, 1.82) is 0 Å². The van der Waals surface area contributed by atoms with Crippen molar-refractivity contribution in [3.05, 3.63) is 47.3 Å². The van der Waals surface area contributed by atoms with Crippen molar-refractivity contribution in [2.24, 2.45) is 7.05 Å². The lowest BCUT2D eigenvalue weighted by Gasteiger charge is -2.18. The highest BCUT2D eigenvalue weighted by Gasteiger charge is 2.24. The van der Waals surface area contributed by atoms with Crippen LogP contribution in [0.25, 0.3) is 0 Å². The molecule has 0 saturated heterocycles. The molecule has 2 rings (SSSR count). The average molecular weight is 328 g/mol. The highest BCUT2D eigenvalue weighted by atomic mass is 35.5. The van der Waals surface area contributed by atoms with Gasteiger partial charge in [-0.2, -0.15) is 9.40 Å². The van der Waals surface area contributed by atoms with Crippen LogP contribution >= 0.6 is 11.6 Å². The van der Waals surface area contributed by atoms with E-state index in [0.29, 0.717) is 16.3 Å². The second kappa shape index (κ2) is 6.17. The van der Waals surface area contributed by atoms with Crippen LogP contribution in [0.3, 0.4) is 0 Å². The predicted molar refractivity (Wildman–Crippen MR) is 82.6 cm³/mol. The normalized spacial score (nSPS) is 12.0. The monoisotopic (exact) mass is 327 g/mol. The van der Waals surface area contributed by atoms with E-state index in [0.717, 1.165) is 11.1 Å². The third-order valence-corrected chi connectivity index (χ3v) is 5.63. The van der Waals surface area contributed by atoms with Gasteiger partial charge in [-0.15, -0.1) is 11.6 Å². The maximum absolute atomic E-state index is 12.7. The standard InChI is InChI=1S/C14H18ClN3O2S/c1-11-13(7-15)5-4-6-14(11)21(19,20)18(3)10-12-8-16-17(2)9-12/h4-6,8-9H,7,10H2,1-3H3. The Balaban J connectivity index is 2.33. The first-order valence-electron chi connectivity index (χ1n) is 6.44. The Labute approximate surface area is 130 Å². The number of halogens is 1. The fourth-order valence-electron chi connectivity index (χ4n) is 2.15. The zero-order chi connectivity index (χ0) is 15.6.